The van der Waals surface area contributed by atoms with Crippen LogP contribution in [-0.4, -0.2) is 10.7 Å². The van der Waals surface area contributed by atoms with Crippen LogP contribution in [-0.2, 0) is 0 Å². The van der Waals surface area contributed by atoms with Crippen LogP contribution in [0.15, 0.2) is 58.3 Å². The lowest BCUT2D eigenvalue weighted by Gasteiger charge is -2.21. The Morgan fingerprint density at radius 3 is 1.79 bits per heavy atom. The van der Waals surface area contributed by atoms with E-state index in [9.17, 15) is 5.11 Å². The first kappa shape index (κ1) is 13.8. The summed E-state index contributed by atoms with van der Waals surface area (Å²) in [5.41, 5.74) is -0.175. The fraction of sp³-hybridized carbons (Fsp3) is 0.250. The molecule has 0 saturated carbocycles. The molecule has 0 atom stereocenters. The Morgan fingerprint density at radius 1 is 0.842 bits per heavy atom. The van der Waals surface area contributed by atoms with E-state index in [0.29, 0.717) is 5.75 Å². The van der Waals surface area contributed by atoms with Crippen molar-refractivity contribution in [2.24, 2.45) is 0 Å². The van der Waals surface area contributed by atoms with E-state index in [1.807, 2.05) is 57.2 Å². The SMILES string of the molecule is CC(C)(C)Oc1ccc(Sc2ccc(O)cc2)cc1. The molecular formula is C16H18O2S. The monoisotopic (exact) mass is 274 g/mol. The lowest BCUT2D eigenvalue weighted by Crippen LogP contribution is -2.22. The lowest BCUT2D eigenvalue weighted by molar-refractivity contribution is 0.131. The van der Waals surface area contributed by atoms with Crippen LogP contribution in [0, 0.1) is 0 Å². The molecule has 1 N–H and O–H groups in total. The maximum atomic E-state index is 9.24. The molecule has 0 aromatic heterocycles. The third-order valence-corrected chi connectivity index (χ3v) is 3.34. The standard InChI is InChI=1S/C16H18O2S/c1-16(2,3)18-13-6-10-15(11-7-13)19-14-8-4-12(17)5-9-14/h4-11,17H,1-3H3. The van der Waals surface area contributed by atoms with E-state index in [0.717, 1.165) is 15.5 Å². The van der Waals surface area contributed by atoms with Crippen molar-refractivity contribution in [3.05, 3.63) is 48.5 Å². The van der Waals surface area contributed by atoms with Crippen LogP contribution < -0.4 is 4.74 Å². The molecule has 0 heterocycles. The molecule has 0 fully saturated rings. The smallest absolute Gasteiger partial charge is 0.120 e. The molecule has 0 radical (unpaired) electrons. The Balaban J connectivity index is 2.04. The van der Waals surface area contributed by atoms with Gasteiger partial charge in [0.15, 0.2) is 0 Å². The number of ether oxygens (including phenoxy) is 1. The van der Waals surface area contributed by atoms with Gasteiger partial charge in [-0.15, -0.1) is 0 Å². The Kier molecular flexibility index (Phi) is 4.05. The molecule has 2 aromatic carbocycles. The lowest BCUT2D eigenvalue weighted by atomic mass is 10.2. The predicted octanol–water partition coefficient (Wildman–Crippen LogP) is 4.72. The van der Waals surface area contributed by atoms with Crippen molar-refractivity contribution in [3.63, 3.8) is 0 Å². The molecule has 100 valence electrons. The second-order valence-corrected chi connectivity index (χ2v) is 6.43. The summed E-state index contributed by atoms with van der Waals surface area (Å²) in [6, 6.07) is 15.2. The molecule has 19 heavy (non-hydrogen) atoms. The maximum absolute atomic E-state index is 9.24. The summed E-state index contributed by atoms with van der Waals surface area (Å²) >= 11 is 1.66. The number of hydrogen-bond donors (Lipinski definition) is 1. The summed E-state index contributed by atoms with van der Waals surface area (Å²) in [6.07, 6.45) is 0. The zero-order valence-corrected chi connectivity index (χ0v) is 12.2. The molecule has 0 aliphatic carbocycles. The van der Waals surface area contributed by atoms with Gasteiger partial charge in [0, 0.05) is 9.79 Å². The van der Waals surface area contributed by atoms with E-state index < -0.39 is 0 Å². The largest absolute Gasteiger partial charge is 0.508 e. The van der Waals surface area contributed by atoms with Crippen molar-refractivity contribution < 1.29 is 9.84 Å². The minimum Gasteiger partial charge on any atom is -0.508 e. The second-order valence-electron chi connectivity index (χ2n) is 5.28. The number of phenolic OH excluding ortho intramolecular Hbond substituents is 1. The van der Waals surface area contributed by atoms with E-state index in [-0.39, 0.29) is 5.60 Å². The van der Waals surface area contributed by atoms with E-state index in [4.69, 9.17) is 4.74 Å². The first-order chi connectivity index (χ1) is 8.92. The number of rotatable bonds is 3. The topological polar surface area (TPSA) is 29.5 Å². The summed E-state index contributed by atoms with van der Waals surface area (Å²) in [7, 11) is 0. The molecule has 0 unspecified atom stereocenters. The summed E-state index contributed by atoms with van der Waals surface area (Å²) in [4.78, 5) is 2.24. The van der Waals surface area contributed by atoms with Gasteiger partial charge in [-0.25, -0.2) is 0 Å². The third kappa shape index (κ3) is 4.52. The average Bonchev–Trinajstić information content (AvgIpc) is 2.33. The van der Waals surface area contributed by atoms with Crippen LogP contribution >= 0.6 is 11.8 Å². The van der Waals surface area contributed by atoms with Crippen LogP contribution in [0.4, 0.5) is 0 Å². The molecule has 0 saturated heterocycles. The minimum atomic E-state index is -0.175. The fourth-order valence-electron chi connectivity index (χ4n) is 1.58. The zero-order valence-electron chi connectivity index (χ0n) is 11.4. The van der Waals surface area contributed by atoms with Crippen molar-refractivity contribution in [1.29, 1.82) is 0 Å². The third-order valence-electron chi connectivity index (χ3n) is 2.32. The summed E-state index contributed by atoms with van der Waals surface area (Å²) in [5.74, 6) is 1.17. The number of hydrogen-bond acceptors (Lipinski definition) is 3. The normalized spacial score (nSPS) is 11.3. The second kappa shape index (κ2) is 5.57. The average molecular weight is 274 g/mol. The first-order valence-electron chi connectivity index (χ1n) is 6.18. The van der Waals surface area contributed by atoms with E-state index >= 15 is 0 Å². The van der Waals surface area contributed by atoms with Crippen molar-refractivity contribution >= 4 is 11.8 Å². The van der Waals surface area contributed by atoms with Gasteiger partial charge >= 0.3 is 0 Å². The van der Waals surface area contributed by atoms with E-state index in [1.54, 1.807) is 23.9 Å². The highest BCUT2D eigenvalue weighted by molar-refractivity contribution is 7.99. The van der Waals surface area contributed by atoms with Crippen LogP contribution in [0.5, 0.6) is 11.5 Å². The van der Waals surface area contributed by atoms with Crippen LogP contribution in [0.2, 0.25) is 0 Å². The Hall–Kier alpha value is -1.61. The molecule has 0 aliphatic heterocycles. The summed E-state index contributed by atoms with van der Waals surface area (Å²) in [6.45, 7) is 6.10. The van der Waals surface area contributed by atoms with Gasteiger partial charge in [-0.3, -0.25) is 0 Å². The molecule has 2 rings (SSSR count). The van der Waals surface area contributed by atoms with E-state index in [2.05, 4.69) is 0 Å². The fourth-order valence-corrected chi connectivity index (χ4v) is 2.40. The maximum Gasteiger partial charge on any atom is 0.120 e. The highest BCUT2D eigenvalue weighted by Gasteiger charge is 2.11. The van der Waals surface area contributed by atoms with Crippen LogP contribution in [0.3, 0.4) is 0 Å². The number of aromatic hydroxyl groups is 1. The minimum absolute atomic E-state index is 0.175. The molecule has 0 amide bonds. The van der Waals surface area contributed by atoms with Crippen molar-refractivity contribution in [3.8, 4) is 11.5 Å². The van der Waals surface area contributed by atoms with Gasteiger partial charge < -0.3 is 9.84 Å². The molecular weight excluding hydrogens is 256 g/mol. The molecule has 0 aliphatic rings. The number of phenols is 1. The number of benzene rings is 2. The first-order valence-corrected chi connectivity index (χ1v) is 7.00. The van der Waals surface area contributed by atoms with Gasteiger partial charge in [0.25, 0.3) is 0 Å². The summed E-state index contributed by atoms with van der Waals surface area (Å²) in [5, 5.41) is 9.24. The molecule has 3 heteroatoms. The van der Waals surface area contributed by atoms with Gasteiger partial charge in [-0.2, -0.15) is 0 Å². The highest BCUT2D eigenvalue weighted by Crippen LogP contribution is 2.30. The summed E-state index contributed by atoms with van der Waals surface area (Å²) < 4.78 is 5.78. The van der Waals surface area contributed by atoms with Gasteiger partial charge in [0.05, 0.1) is 0 Å². The van der Waals surface area contributed by atoms with Gasteiger partial charge in [0.2, 0.25) is 0 Å². The molecule has 0 spiro atoms. The Bertz CT molecular complexity index is 524. The van der Waals surface area contributed by atoms with Gasteiger partial charge in [-0.05, 0) is 69.3 Å². The molecule has 0 bridgehead atoms. The van der Waals surface area contributed by atoms with Crippen molar-refractivity contribution in [1.82, 2.24) is 0 Å². The molecule has 2 aromatic rings. The predicted molar refractivity (Wildman–Crippen MR) is 79.1 cm³/mol. The van der Waals surface area contributed by atoms with Crippen molar-refractivity contribution in [2.75, 3.05) is 0 Å². The zero-order chi connectivity index (χ0) is 13.9. The highest BCUT2D eigenvalue weighted by atomic mass is 32.2. The quantitative estimate of drug-likeness (QED) is 0.878. The van der Waals surface area contributed by atoms with Crippen molar-refractivity contribution in [2.45, 2.75) is 36.2 Å². The van der Waals surface area contributed by atoms with Gasteiger partial charge in [0.1, 0.15) is 17.1 Å². The van der Waals surface area contributed by atoms with Crippen LogP contribution in [0.1, 0.15) is 20.8 Å². The Morgan fingerprint density at radius 2 is 1.32 bits per heavy atom. The van der Waals surface area contributed by atoms with Crippen LogP contribution in [0.25, 0.3) is 0 Å². The molecule has 2 nitrogen and oxygen atoms in total. The van der Waals surface area contributed by atoms with Gasteiger partial charge in [-0.1, -0.05) is 11.8 Å². The van der Waals surface area contributed by atoms with E-state index in [1.165, 1.54) is 0 Å². The Labute approximate surface area is 118 Å².